The number of aliphatic carboxylic acids is 2. The van der Waals surface area contributed by atoms with Gasteiger partial charge in [-0.05, 0) is 127 Å². The summed E-state index contributed by atoms with van der Waals surface area (Å²) in [5.74, 6) is 26.4. The summed E-state index contributed by atoms with van der Waals surface area (Å²) in [6.07, 6.45) is 9.26. The van der Waals surface area contributed by atoms with E-state index in [4.69, 9.17) is 60.7 Å². The highest BCUT2D eigenvalue weighted by atomic mass is 32.1. The number of hydrogen-bond acceptors (Lipinski definition) is 17. The van der Waals surface area contributed by atoms with Crippen LogP contribution in [0.4, 0.5) is 31.4 Å². The number of carbonyl (C=O) groups excluding carboxylic acids is 2. The van der Waals surface area contributed by atoms with Gasteiger partial charge >= 0.3 is 11.9 Å². The summed E-state index contributed by atoms with van der Waals surface area (Å²) in [6.45, 7) is 23.4. The number of carbonyl (C=O) groups is 4. The SMILES string of the molecule is C.[C-]#[N+]c1sc(N)c(C#N)c1C.[C-]#[N+]c1sc(N=Nc2ccc(N(CCOCCOCCNC(=O)CC(C#CC#CC#CC#C)C(=O)O)CCOCCOCCOCCNC(=O)CC(C#CC#CC#CC#C)C(=O)O)cc2C)c(C#N)c1C.[HH].[HH].[HH].[HH].[HH].[HH].[HH].[HH].[HH].[HH].[HH].[HH].[HH].[HH]. The number of carboxylic acid groups (broad SMARTS) is 2. The number of hydrogen-bond donors (Lipinski definition) is 5. The van der Waals surface area contributed by atoms with Gasteiger partial charge in [0.25, 0.3) is 0 Å². The number of benzene rings is 1. The topological polar surface area (TPSA) is 289 Å². The van der Waals surface area contributed by atoms with E-state index >= 15 is 0 Å². The van der Waals surface area contributed by atoms with Crippen molar-refractivity contribution in [3.63, 3.8) is 0 Å². The molecule has 2 amide bonds. The fourth-order valence-electron chi connectivity index (χ4n) is 6.14. The number of terminal acetylenes is 2. The molecule has 1 aromatic carbocycles. The molecule has 83 heavy (non-hydrogen) atoms. The van der Waals surface area contributed by atoms with Crippen molar-refractivity contribution in [1.29, 1.82) is 10.5 Å². The summed E-state index contributed by atoms with van der Waals surface area (Å²) in [5, 5.41) is 52.4. The standard InChI is InChI=1S/C52H49N7O11S.C7H5N3S.CH4.14H2/c1-6-8-10-12-14-16-18-42(51(62)63)37-47(60)55-22-26-66-30-32-68-28-24-59(44-20-21-46(40(3)36-44)57-58-50-45(39-53)41(4)49(54-5)71-50)25-29-69-33-35-70-34-31-67-27-23-56-48(61)38-43(52(64)65)19-17-15-13-11-9-7-2;1-4-5(3-8)6(9)11-7(4)10-2;;;;;;;;;;;;;;;/h1-2,20-21,36,42-43H,22-35,37-38H2,3-4H3,(H,55,60)(H,56,61)(H,62,63)(H,64,65);9H2,1H3;1H4;14*1H. The number of ether oxygens (including phenoxy) is 5. The predicted molar refractivity (Wildman–Crippen MR) is 344 cm³/mol. The highest BCUT2D eigenvalue weighted by Crippen LogP contribution is 2.41. The molecule has 0 radical (unpaired) electrons. The Hall–Kier alpha value is -10.1. The molecule has 0 spiro atoms. The smallest absolute Gasteiger partial charge is 0.319 e. The third-order valence-corrected chi connectivity index (χ3v) is 12.3. The van der Waals surface area contributed by atoms with Crippen LogP contribution >= 0.6 is 22.7 Å². The summed E-state index contributed by atoms with van der Waals surface area (Å²) >= 11 is 2.28. The van der Waals surface area contributed by atoms with Crippen LogP contribution in [-0.2, 0) is 42.9 Å². The van der Waals surface area contributed by atoms with Gasteiger partial charge in [-0.15, -0.1) is 45.7 Å². The Morgan fingerprint density at radius 2 is 1.08 bits per heavy atom. The van der Waals surface area contributed by atoms with E-state index in [1.165, 1.54) is 11.3 Å². The zero-order valence-electron chi connectivity index (χ0n) is 44.9. The van der Waals surface area contributed by atoms with Crippen molar-refractivity contribution in [2.45, 2.75) is 41.0 Å². The lowest BCUT2D eigenvalue weighted by Gasteiger charge is -2.25. The van der Waals surface area contributed by atoms with Gasteiger partial charge in [0.05, 0.1) is 114 Å². The van der Waals surface area contributed by atoms with Crippen molar-refractivity contribution >= 4 is 77.8 Å². The Morgan fingerprint density at radius 1 is 0.663 bits per heavy atom. The number of anilines is 2. The van der Waals surface area contributed by atoms with Crippen LogP contribution in [0.25, 0.3) is 9.69 Å². The first-order valence-corrected chi connectivity index (χ1v) is 25.9. The molecule has 2 aromatic heterocycles. The third kappa shape index (κ3) is 28.6. The van der Waals surface area contributed by atoms with Crippen LogP contribution in [0.3, 0.4) is 0 Å². The fraction of sp³-hybridized carbons (Fsp3) is 0.367. The maximum absolute atomic E-state index is 12.3. The van der Waals surface area contributed by atoms with Crippen LogP contribution in [0, 0.1) is 164 Å². The van der Waals surface area contributed by atoms with Gasteiger partial charge in [0.15, 0.2) is 0 Å². The second-order valence-electron chi connectivity index (χ2n) is 15.9. The molecular weight excluding hydrogens is 1100 g/mol. The van der Waals surface area contributed by atoms with Crippen LogP contribution in [0.2, 0.25) is 0 Å². The van der Waals surface area contributed by atoms with Crippen LogP contribution < -0.4 is 21.3 Å². The van der Waals surface area contributed by atoms with Crippen molar-refractivity contribution in [1.82, 2.24) is 10.6 Å². The number of nitrogens with zero attached hydrogens (tertiary/aromatic N) is 7. The average molecular weight is 1190 g/mol. The number of nitriles is 2. The van der Waals surface area contributed by atoms with Crippen LogP contribution in [-0.4, -0.2) is 126 Å². The first-order valence-electron chi connectivity index (χ1n) is 24.3. The molecule has 3 aromatic rings. The number of amides is 2. The Morgan fingerprint density at radius 3 is 1.49 bits per heavy atom. The molecule has 2 unspecified atom stereocenters. The minimum atomic E-state index is -1.26. The second kappa shape index (κ2) is 42.8. The molecule has 3 rings (SSSR count). The molecule has 454 valence electrons. The van der Waals surface area contributed by atoms with Crippen molar-refractivity contribution in [3.8, 4) is 108 Å². The number of azo groups is 1. The minimum absolute atomic E-state index is 0. The molecular formula is C60H86N10O11S2. The van der Waals surface area contributed by atoms with Crippen LogP contribution in [0.5, 0.6) is 0 Å². The van der Waals surface area contributed by atoms with Gasteiger partial charge in [0, 0.05) is 51.8 Å². The van der Waals surface area contributed by atoms with Crippen LogP contribution in [0.15, 0.2) is 28.4 Å². The first kappa shape index (κ1) is 71.0. The maximum atomic E-state index is 12.3. The summed E-state index contributed by atoms with van der Waals surface area (Å²) in [7, 11) is 0. The minimum Gasteiger partial charge on any atom is -0.480 e. The molecule has 0 fully saturated rings. The molecule has 6 N–H and O–H groups in total. The van der Waals surface area contributed by atoms with Crippen molar-refractivity contribution in [2.75, 3.05) is 103 Å². The Balaban J connectivity index is -0.000000200. The third-order valence-electron chi connectivity index (χ3n) is 10.2. The number of nitrogens with two attached hydrogens (primary N) is 1. The van der Waals surface area contributed by atoms with Gasteiger partial charge in [0.2, 0.25) is 21.8 Å². The highest BCUT2D eigenvalue weighted by molar-refractivity contribution is 7.20. The lowest BCUT2D eigenvalue weighted by molar-refractivity contribution is -0.142. The van der Waals surface area contributed by atoms with Gasteiger partial charge in [-0.25, -0.2) is 9.69 Å². The first-order chi connectivity index (χ1) is 39.6. The van der Waals surface area contributed by atoms with E-state index in [0.29, 0.717) is 87.5 Å². The number of rotatable bonds is 30. The van der Waals surface area contributed by atoms with E-state index < -0.39 is 35.6 Å². The molecule has 0 saturated heterocycles. The van der Waals surface area contributed by atoms with Crippen molar-refractivity contribution in [3.05, 3.63) is 68.9 Å². The molecule has 2 atom stereocenters. The Kier molecular flexibility index (Phi) is 36.6. The van der Waals surface area contributed by atoms with Gasteiger partial charge in [0.1, 0.15) is 29.0 Å². The second-order valence-corrected chi connectivity index (χ2v) is 17.9. The largest absolute Gasteiger partial charge is 0.480 e. The van der Waals surface area contributed by atoms with Crippen molar-refractivity contribution in [2.24, 2.45) is 22.1 Å². The molecule has 0 saturated carbocycles. The van der Waals surface area contributed by atoms with Crippen LogP contribution in [0.1, 0.15) is 68.1 Å². The number of nitrogens with one attached hydrogen (secondary N) is 2. The number of aryl methyl sites for hydroxylation is 1. The van der Waals surface area contributed by atoms with E-state index in [-0.39, 0.29) is 93.0 Å². The van der Waals surface area contributed by atoms with E-state index in [1.807, 2.05) is 31.2 Å². The van der Waals surface area contributed by atoms with Gasteiger partial charge in [-0.2, -0.15) is 10.5 Å². The van der Waals surface area contributed by atoms with Crippen molar-refractivity contribution < 1.29 is 73.0 Å². The predicted octanol–water partition coefficient (Wildman–Crippen LogP) is 9.93. The Bertz CT molecular complexity index is 3480. The van der Waals surface area contributed by atoms with E-state index in [1.54, 1.807) is 13.8 Å². The highest BCUT2D eigenvalue weighted by Gasteiger charge is 2.20. The molecule has 23 heteroatoms. The molecule has 0 aliphatic heterocycles. The van der Waals surface area contributed by atoms with Gasteiger partial charge in [-0.3, -0.25) is 19.2 Å². The normalized spacial score (nSPS) is 10.1. The molecule has 0 aliphatic carbocycles. The number of nitrogen functional groups attached to an aromatic ring is 1. The quantitative estimate of drug-likeness (QED) is 0.0180. The summed E-state index contributed by atoms with van der Waals surface area (Å²) in [6, 6.07) is 9.72. The molecule has 0 bridgehead atoms. The average Bonchev–Trinajstić information content (AvgIpc) is 1.77. The summed E-state index contributed by atoms with van der Waals surface area (Å²) in [5.41, 5.74) is 9.80. The zero-order chi connectivity index (χ0) is 60.3. The lowest BCUT2D eigenvalue weighted by atomic mass is 10.1. The summed E-state index contributed by atoms with van der Waals surface area (Å²) < 4.78 is 28.3. The van der Waals surface area contributed by atoms with E-state index in [9.17, 15) is 34.7 Å². The number of thiophene rings is 2. The summed E-state index contributed by atoms with van der Waals surface area (Å²) in [4.78, 5) is 56.1. The Labute approximate surface area is 513 Å². The molecule has 21 nitrogen and oxygen atoms in total. The van der Waals surface area contributed by atoms with E-state index in [2.05, 4.69) is 124 Å². The maximum Gasteiger partial charge on any atom is 0.319 e. The van der Waals surface area contributed by atoms with Gasteiger partial charge in [-0.1, -0.05) is 19.3 Å². The fourth-order valence-corrected chi connectivity index (χ4v) is 7.82. The molecule has 0 aliphatic rings. The van der Waals surface area contributed by atoms with E-state index in [0.717, 1.165) is 22.6 Å². The lowest BCUT2D eigenvalue weighted by Crippen LogP contribution is -2.32. The van der Waals surface area contributed by atoms with Gasteiger partial charge < -0.3 is 55.2 Å². The zero-order valence-corrected chi connectivity index (χ0v) is 46.6. The molecule has 2 heterocycles. The monoisotopic (exact) mass is 1190 g/mol. The number of carboxylic acids is 2.